The number of allylic oxidation sites excluding steroid dienone is 6. The van der Waals surface area contributed by atoms with Gasteiger partial charge in [-0.3, -0.25) is 13.8 Å². The molecule has 9 nitrogen and oxygen atoms in total. The van der Waals surface area contributed by atoms with Crippen molar-refractivity contribution in [2.24, 2.45) is 0 Å². The van der Waals surface area contributed by atoms with E-state index in [0.29, 0.717) is 13.0 Å². The van der Waals surface area contributed by atoms with E-state index in [1.807, 2.05) is 0 Å². The van der Waals surface area contributed by atoms with Crippen LogP contribution in [0.15, 0.2) is 36.5 Å². The molecule has 276 valence electrons. The molecule has 0 aliphatic heterocycles. The topological polar surface area (TPSA) is 132 Å². The van der Waals surface area contributed by atoms with Crippen LogP contribution in [0.5, 0.6) is 0 Å². The van der Waals surface area contributed by atoms with Gasteiger partial charge in [0.05, 0.1) is 26.4 Å². The van der Waals surface area contributed by atoms with Gasteiger partial charge in [0.1, 0.15) is 12.2 Å². The molecule has 0 spiro atoms. The highest BCUT2D eigenvalue weighted by Crippen LogP contribution is 2.43. The average Bonchev–Trinajstić information content (AvgIpc) is 3.06. The number of carbonyl (C=O) groups is 1. The highest BCUT2D eigenvalue weighted by molar-refractivity contribution is 7.47. The largest absolute Gasteiger partial charge is 0.472 e. The molecule has 0 aromatic heterocycles. The predicted octanol–water partition coefficient (Wildman–Crippen LogP) is 9.30. The molecule has 0 saturated carbocycles. The van der Waals surface area contributed by atoms with Gasteiger partial charge in [0.25, 0.3) is 0 Å². The molecule has 10 heteroatoms. The van der Waals surface area contributed by atoms with E-state index in [9.17, 15) is 19.4 Å². The second-order valence-corrected chi connectivity index (χ2v) is 13.7. The van der Waals surface area contributed by atoms with Crippen molar-refractivity contribution in [3.63, 3.8) is 0 Å². The standard InChI is InChI=1S/C37H69O9P/c1-3-5-7-9-11-13-15-17-19-21-23-25-27-29-37(40)46-36(34-45-47(41,42)44-32-35(39)31-38)33-43-30-28-26-24-22-20-18-16-14-12-10-8-6-4-2/h5,7,11,13,17,19,35-36,38-39H,3-4,6,8-10,12,14-16,18,20-34H2,1-2H3,(H,41,42)/b7-5-,13-11-,19-17-. The molecule has 0 aromatic carbocycles. The quantitative estimate of drug-likeness (QED) is 0.0258. The van der Waals surface area contributed by atoms with E-state index < -0.39 is 39.2 Å². The number of unbranched alkanes of at least 4 members (excludes halogenated alkanes) is 15. The minimum absolute atomic E-state index is 0.0391. The maximum absolute atomic E-state index is 12.5. The summed E-state index contributed by atoms with van der Waals surface area (Å²) in [5.74, 6) is -0.412. The molecule has 0 heterocycles. The van der Waals surface area contributed by atoms with E-state index in [1.165, 1.54) is 64.2 Å². The Morgan fingerprint density at radius 3 is 1.81 bits per heavy atom. The lowest BCUT2D eigenvalue weighted by Gasteiger charge is -2.20. The van der Waals surface area contributed by atoms with Gasteiger partial charge in [-0.25, -0.2) is 4.57 Å². The van der Waals surface area contributed by atoms with Gasteiger partial charge in [0.2, 0.25) is 0 Å². The van der Waals surface area contributed by atoms with Crippen LogP contribution in [0.3, 0.4) is 0 Å². The number of hydrogen-bond acceptors (Lipinski definition) is 8. The number of esters is 1. The van der Waals surface area contributed by atoms with Gasteiger partial charge in [-0.15, -0.1) is 0 Å². The molecule has 0 bridgehead atoms. The minimum Gasteiger partial charge on any atom is -0.457 e. The average molecular weight is 689 g/mol. The molecule has 0 aliphatic carbocycles. The summed E-state index contributed by atoms with van der Waals surface area (Å²) in [6.45, 7) is 3.35. The Hall–Kier alpha value is -1.32. The fraction of sp³-hybridized carbons (Fsp3) is 0.811. The Morgan fingerprint density at radius 1 is 0.681 bits per heavy atom. The highest BCUT2D eigenvalue weighted by atomic mass is 31.2. The molecule has 47 heavy (non-hydrogen) atoms. The van der Waals surface area contributed by atoms with Crippen LogP contribution in [-0.2, 0) is 27.9 Å². The highest BCUT2D eigenvalue weighted by Gasteiger charge is 2.26. The molecule has 0 fully saturated rings. The molecule has 0 radical (unpaired) electrons. The molecular weight excluding hydrogens is 619 g/mol. The van der Waals surface area contributed by atoms with Crippen LogP contribution >= 0.6 is 7.82 Å². The molecule has 3 atom stereocenters. The zero-order valence-electron chi connectivity index (χ0n) is 29.7. The van der Waals surface area contributed by atoms with Crippen molar-refractivity contribution >= 4 is 13.8 Å². The smallest absolute Gasteiger partial charge is 0.457 e. The first-order valence-electron chi connectivity index (χ1n) is 18.5. The molecule has 0 rings (SSSR count). The second-order valence-electron chi connectivity index (χ2n) is 12.2. The van der Waals surface area contributed by atoms with E-state index in [4.69, 9.17) is 23.6 Å². The normalized spacial score (nSPS) is 14.7. The molecule has 0 saturated heterocycles. The summed E-state index contributed by atoms with van der Waals surface area (Å²) in [5, 5.41) is 18.3. The summed E-state index contributed by atoms with van der Waals surface area (Å²) in [6.07, 6.45) is 33.9. The lowest BCUT2D eigenvalue weighted by atomic mass is 10.0. The first-order valence-corrected chi connectivity index (χ1v) is 20.0. The second kappa shape index (κ2) is 34.5. The van der Waals surface area contributed by atoms with Crippen LogP contribution in [0.4, 0.5) is 0 Å². The molecular formula is C37H69O9P. The van der Waals surface area contributed by atoms with E-state index >= 15 is 0 Å². The summed E-state index contributed by atoms with van der Waals surface area (Å²) in [7, 11) is -4.51. The van der Waals surface area contributed by atoms with Crippen molar-refractivity contribution in [1.29, 1.82) is 0 Å². The zero-order valence-corrected chi connectivity index (χ0v) is 30.6. The van der Waals surface area contributed by atoms with Crippen molar-refractivity contribution in [3.05, 3.63) is 36.5 Å². The zero-order chi connectivity index (χ0) is 34.7. The van der Waals surface area contributed by atoms with E-state index in [-0.39, 0.29) is 19.6 Å². The van der Waals surface area contributed by atoms with Crippen molar-refractivity contribution in [2.45, 2.75) is 161 Å². The SMILES string of the molecule is CC/C=C\C/C=C\C/C=C\CCCCCC(=O)OC(COCCCCCCCCCCCCCCC)COP(=O)(O)OCC(O)CO. The van der Waals surface area contributed by atoms with Crippen LogP contribution < -0.4 is 0 Å². The fourth-order valence-corrected chi connectivity index (χ4v) is 5.57. The van der Waals surface area contributed by atoms with Gasteiger partial charge in [0, 0.05) is 13.0 Å². The van der Waals surface area contributed by atoms with Gasteiger partial charge < -0.3 is 24.6 Å². The molecule has 0 amide bonds. The first kappa shape index (κ1) is 45.7. The lowest BCUT2D eigenvalue weighted by molar-refractivity contribution is -0.154. The molecule has 0 aromatic rings. The van der Waals surface area contributed by atoms with Crippen molar-refractivity contribution in [3.8, 4) is 0 Å². The number of rotatable bonds is 35. The number of aliphatic hydroxyl groups excluding tert-OH is 2. The number of hydrogen-bond donors (Lipinski definition) is 3. The van der Waals surface area contributed by atoms with E-state index in [0.717, 1.165) is 57.8 Å². The number of carbonyl (C=O) groups excluding carboxylic acids is 1. The van der Waals surface area contributed by atoms with Gasteiger partial charge >= 0.3 is 13.8 Å². The Labute approximate surface area is 286 Å². The predicted molar refractivity (Wildman–Crippen MR) is 191 cm³/mol. The third-order valence-corrected chi connectivity index (χ3v) is 8.54. The Kier molecular flexibility index (Phi) is 33.6. The van der Waals surface area contributed by atoms with Crippen molar-refractivity contribution in [1.82, 2.24) is 0 Å². The lowest BCUT2D eigenvalue weighted by Crippen LogP contribution is -2.29. The number of phosphoric ester groups is 1. The van der Waals surface area contributed by atoms with Crippen LogP contribution in [0.25, 0.3) is 0 Å². The van der Waals surface area contributed by atoms with Gasteiger partial charge in [-0.1, -0.05) is 134 Å². The first-order chi connectivity index (χ1) is 22.8. The van der Waals surface area contributed by atoms with Gasteiger partial charge in [-0.2, -0.15) is 0 Å². The maximum atomic E-state index is 12.5. The summed E-state index contributed by atoms with van der Waals surface area (Å²) in [6, 6.07) is 0. The van der Waals surface area contributed by atoms with Crippen LogP contribution in [0.1, 0.15) is 149 Å². The van der Waals surface area contributed by atoms with Crippen LogP contribution in [0.2, 0.25) is 0 Å². The number of ether oxygens (including phenoxy) is 2. The third kappa shape index (κ3) is 34.3. The Morgan fingerprint density at radius 2 is 1.21 bits per heavy atom. The number of aliphatic hydroxyl groups is 2. The van der Waals surface area contributed by atoms with Gasteiger partial charge in [0.15, 0.2) is 0 Å². The number of phosphoric acid groups is 1. The van der Waals surface area contributed by atoms with Gasteiger partial charge in [-0.05, 0) is 44.9 Å². The van der Waals surface area contributed by atoms with Crippen molar-refractivity contribution < 1.29 is 43.0 Å². The van der Waals surface area contributed by atoms with Crippen LogP contribution in [-0.4, -0.2) is 66.3 Å². The Bertz CT molecular complexity index is 831. The molecule has 3 N–H and O–H groups in total. The fourth-order valence-electron chi connectivity index (χ4n) is 4.78. The summed E-state index contributed by atoms with van der Waals surface area (Å²) in [4.78, 5) is 22.4. The summed E-state index contributed by atoms with van der Waals surface area (Å²) >= 11 is 0. The molecule has 0 aliphatic rings. The third-order valence-electron chi connectivity index (χ3n) is 7.59. The van der Waals surface area contributed by atoms with E-state index in [2.05, 4.69) is 50.3 Å². The summed E-state index contributed by atoms with van der Waals surface area (Å²) in [5.41, 5.74) is 0. The monoisotopic (exact) mass is 688 g/mol. The summed E-state index contributed by atoms with van der Waals surface area (Å²) < 4.78 is 33.2. The minimum atomic E-state index is -4.51. The molecule has 3 unspecified atom stereocenters. The Balaban J connectivity index is 4.30. The van der Waals surface area contributed by atoms with E-state index in [1.54, 1.807) is 0 Å². The van der Waals surface area contributed by atoms with Crippen LogP contribution in [0, 0.1) is 0 Å². The maximum Gasteiger partial charge on any atom is 0.472 e. The van der Waals surface area contributed by atoms with Crippen molar-refractivity contribution in [2.75, 3.05) is 33.0 Å².